The number of thioether (sulfide) groups is 1. The zero-order valence-corrected chi connectivity index (χ0v) is 12.2. The van der Waals surface area contributed by atoms with E-state index < -0.39 is 0 Å². The Morgan fingerprint density at radius 3 is 2.95 bits per heavy atom. The summed E-state index contributed by atoms with van der Waals surface area (Å²) in [6.07, 6.45) is 0. The minimum Gasteiger partial charge on any atom is -0.324 e. The average Bonchev–Trinajstić information content (AvgIpc) is 2.78. The van der Waals surface area contributed by atoms with Crippen LogP contribution in [0, 0.1) is 6.92 Å². The molecule has 0 aliphatic rings. The van der Waals surface area contributed by atoms with E-state index in [2.05, 4.69) is 20.5 Å². The van der Waals surface area contributed by atoms with Crippen LogP contribution in [0.5, 0.6) is 0 Å². The average molecular weight is 317 g/mol. The molecule has 0 bridgehead atoms. The molecule has 0 aliphatic carbocycles. The number of aromatic amines is 1. The number of nitrogens with zero attached hydrogens (tertiary/aromatic N) is 2. The molecule has 0 fully saturated rings. The first-order valence-electron chi connectivity index (χ1n) is 5.32. The maximum Gasteiger partial charge on any atom is 0.234 e. The number of amides is 1. The molecule has 2 rings (SSSR count). The van der Waals surface area contributed by atoms with E-state index in [-0.39, 0.29) is 11.7 Å². The van der Waals surface area contributed by atoms with Crippen molar-refractivity contribution >= 4 is 46.6 Å². The predicted octanol–water partition coefficient (Wildman–Crippen LogP) is 3.15. The van der Waals surface area contributed by atoms with E-state index in [1.165, 1.54) is 11.8 Å². The molecule has 8 heteroatoms. The van der Waals surface area contributed by atoms with Gasteiger partial charge in [-0.25, -0.2) is 4.98 Å². The lowest BCUT2D eigenvalue weighted by atomic mass is 10.3. The molecule has 5 nitrogen and oxygen atoms in total. The van der Waals surface area contributed by atoms with Gasteiger partial charge in [-0.2, -0.15) is 0 Å². The maximum absolute atomic E-state index is 11.8. The molecule has 0 radical (unpaired) electrons. The van der Waals surface area contributed by atoms with Gasteiger partial charge in [-0.1, -0.05) is 41.0 Å². The summed E-state index contributed by atoms with van der Waals surface area (Å²) in [4.78, 5) is 15.8. The quantitative estimate of drug-likeness (QED) is 0.850. The van der Waals surface area contributed by atoms with Crippen molar-refractivity contribution < 1.29 is 4.79 Å². The highest BCUT2D eigenvalue weighted by atomic mass is 35.5. The van der Waals surface area contributed by atoms with Crippen molar-refractivity contribution in [1.29, 1.82) is 0 Å². The van der Waals surface area contributed by atoms with Crippen molar-refractivity contribution in [2.45, 2.75) is 12.1 Å². The number of hydrogen-bond donors (Lipinski definition) is 2. The van der Waals surface area contributed by atoms with Crippen LogP contribution in [-0.4, -0.2) is 26.8 Å². The number of hydrogen-bond acceptors (Lipinski definition) is 4. The second-order valence-corrected chi connectivity index (χ2v) is 5.37. The standard InChI is InChI=1S/C11H10Cl2N4OS/c1-6-14-11(17-16-6)19-5-9(18)15-8-4-2-3-7(12)10(8)13/h2-4H,5H2,1H3,(H,15,18)(H,14,16,17). The molecule has 0 saturated carbocycles. The number of H-pyrrole nitrogens is 1. The van der Waals surface area contributed by atoms with E-state index in [0.29, 0.717) is 26.7 Å². The number of halogens is 2. The third-order valence-corrected chi connectivity index (χ3v) is 3.80. The van der Waals surface area contributed by atoms with Gasteiger partial charge in [0.15, 0.2) is 0 Å². The molecule has 0 saturated heterocycles. The Morgan fingerprint density at radius 1 is 1.47 bits per heavy atom. The number of nitrogens with one attached hydrogen (secondary N) is 2. The molecule has 0 aliphatic heterocycles. The Hall–Kier alpha value is -1.24. The number of aryl methyl sites for hydroxylation is 1. The fourth-order valence-corrected chi connectivity index (χ4v) is 2.30. The first kappa shape index (κ1) is 14.2. The van der Waals surface area contributed by atoms with Crippen molar-refractivity contribution in [3.63, 3.8) is 0 Å². The van der Waals surface area contributed by atoms with E-state index >= 15 is 0 Å². The zero-order chi connectivity index (χ0) is 13.8. The molecule has 100 valence electrons. The highest BCUT2D eigenvalue weighted by Gasteiger charge is 2.10. The van der Waals surface area contributed by atoms with Crippen LogP contribution < -0.4 is 5.32 Å². The summed E-state index contributed by atoms with van der Waals surface area (Å²) < 4.78 is 0. The van der Waals surface area contributed by atoms with Gasteiger partial charge in [-0.15, -0.1) is 5.10 Å². The Morgan fingerprint density at radius 2 is 2.26 bits per heavy atom. The second-order valence-electron chi connectivity index (χ2n) is 3.64. The van der Waals surface area contributed by atoms with E-state index in [4.69, 9.17) is 23.2 Å². The molecule has 0 atom stereocenters. The van der Waals surface area contributed by atoms with Crippen LogP contribution in [0.4, 0.5) is 5.69 Å². The van der Waals surface area contributed by atoms with Gasteiger partial charge in [-0.05, 0) is 19.1 Å². The number of benzene rings is 1. The smallest absolute Gasteiger partial charge is 0.234 e. The first-order chi connectivity index (χ1) is 9.06. The molecule has 1 heterocycles. The lowest BCUT2D eigenvalue weighted by molar-refractivity contribution is -0.113. The lowest BCUT2D eigenvalue weighted by Crippen LogP contribution is -2.14. The maximum atomic E-state index is 11.8. The van der Waals surface area contributed by atoms with Crippen molar-refractivity contribution in [2.75, 3.05) is 11.1 Å². The molecule has 19 heavy (non-hydrogen) atoms. The third kappa shape index (κ3) is 3.86. The van der Waals surface area contributed by atoms with E-state index in [1.54, 1.807) is 25.1 Å². The molecule has 0 spiro atoms. The van der Waals surface area contributed by atoms with Gasteiger partial charge in [-0.3, -0.25) is 9.89 Å². The van der Waals surface area contributed by atoms with Gasteiger partial charge < -0.3 is 5.32 Å². The van der Waals surface area contributed by atoms with Gasteiger partial charge >= 0.3 is 0 Å². The van der Waals surface area contributed by atoms with E-state index in [0.717, 1.165) is 0 Å². The fraction of sp³-hybridized carbons (Fsp3) is 0.182. The highest BCUT2D eigenvalue weighted by Crippen LogP contribution is 2.29. The fourth-order valence-electron chi connectivity index (χ4n) is 1.30. The number of aromatic nitrogens is 3. The number of rotatable bonds is 4. The minimum absolute atomic E-state index is 0.195. The minimum atomic E-state index is -0.198. The summed E-state index contributed by atoms with van der Waals surface area (Å²) in [5.41, 5.74) is 0.492. The van der Waals surface area contributed by atoms with Gasteiger partial charge in [0.25, 0.3) is 0 Å². The molecule has 1 aromatic heterocycles. The summed E-state index contributed by atoms with van der Waals surface area (Å²) in [5, 5.41) is 10.6. The van der Waals surface area contributed by atoms with E-state index in [1.807, 2.05) is 0 Å². The van der Waals surface area contributed by atoms with Crippen molar-refractivity contribution in [3.05, 3.63) is 34.1 Å². The van der Waals surface area contributed by atoms with Crippen molar-refractivity contribution in [3.8, 4) is 0 Å². The van der Waals surface area contributed by atoms with Crippen LogP contribution in [0.25, 0.3) is 0 Å². The third-order valence-electron chi connectivity index (χ3n) is 2.13. The first-order valence-corrected chi connectivity index (χ1v) is 7.06. The van der Waals surface area contributed by atoms with Crippen LogP contribution in [0.3, 0.4) is 0 Å². The zero-order valence-electron chi connectivity index (χ0n) is 9.91. The molecule has 1 amide bonds. The molecule has 2 N–H and O–H groups in total. The Labute approximate surface area is 124 Å². The van der Waals surface area contributed by atoms with Gasteiger partial charge in [0.1, 0.15) is 5.82 Å². The predicted molar refractivity (Wildman–Crippen MR) is 76.9 cm³/mol. The van der Waals surface area contributed by atoms with Gasteiger partial charge in [0.05, 0.1) is 21.5 Å². The Bertz CT molecular complexity index is 602. The number of carbonyl (C=O) groups excluding carboxylic acids is 1. The number of anilines is 1. The highest BCUT2D eigenvalue weighted by molar-refractivity contribution is 7.99. The Kier molecular flexibility index (Phi) is 4.68. The lowest BCUT2D eigenvalue weighted by Gasteiger charge is -2.07. The summed E-state index contributed by atoms with van der Waals surface area (Å²) in [6.45, 7) is 1.79. The molecule has 1 aromatic carbocycles. The molecular weight excluding hydrogens is 307 g/mol. The molecular formula is C11H10Cl2N4OS. The normalized spacial score (nSPS) is 10.5. The topological polar surface area (TPSA) is 70.7 Å². The molecule has 2 aromatic rings. The number of carbonyl (C=O) groups is 1. The Balaban J connectivity index is 1.92. The van der Waals surface area contributed by atoms with Gasteiger partial charge in [0, 0.05) is 0 Å². The van der Waals surface area contributed by atoms with Crippen LogP contribution >= 0.6 is 35.0 Å². The monoisotopic (exact) mass is 316 g/mol. The van der Waals surface area contributed by atoms with Crippen LogP contribution in [0.1, 0.15) is 5.82 Å². The van der Waals surface area contributed by atoms with Crippen LogP contribution in [-0.2, 0) is 4.79 Å². The van der Waals surface area contributed by atoms with Crippen LogP contribution in [0.2, 0.25) is 10.0 Å². The summed E-state index contributed by atoms with van der Waals surface area (Å²) in [6, 6.07) is 5.06. The summed E-state index contributed by atoms with van der Waals surface area (Å²) >= 11 is 13.1. The second kappa shape index (κ2) is 6.27. The summed E-state index contributed by atoms with van der Waals surface area (Å²) in [7, 11) is 0. The summed E-state index contributed by atoms with van der Waals surface area (Å²) in [5.74, 6) is 0.706. The van der Waals surface area contributed by atoms with E-state index in [9.17, 15) is 4.79 Å². The van der Waals surface area contributed by atoms with Crippen molar-refractivity contribution in [2.24, 2.45) is 0 Å². The van der Waals surface area contributed by atoms with Crippen LogP contribution in [0.15, 0.2) is 23.4 Å². The van der Waals surface area contributed by atoms with Crippen molar-refractivity contribution in [1.82, 2.24) is 15.2 Å². The van der Waals surface area contributed by atoms with Gasteiger partial charge in [0.2, 0.25) is 11.1 Å². The molecule has 0 unspecified atom stereocenters. The SMILES string of the molecule is Cc1nc(SCC(=O)Nc2cccc(Cl)c2Cl)n[nH]1. The largest absolute Gasteiger partial charge is 0.324 e.